The molecule has 2 aromatic rings. The van der Waals surface area contributed by atoms with Crippen LogP contribution in [-0.2, 0) is 6.18 Å². The smallest absolute Gasteiger partial charge is 0.416 e. The number of halogens is 3. The molecule has 0 aliphatic carbocycles. The van der Waals surface area contributed by atoms with Crippen LogP contribution >= 0.6 is 0 Å². The molecule has 0 saturated carbocycles. The van der Waals surface area contributed by atoms with Crippen molar-refractivity contribution in [1.82, 2.24) is 5.43 Å². The van der Waals surface area contributed by atoms with Crippen molar-refractivity contribution < 1.29 is 27.4 Å². The topological polar surface area (TPSA) is 59.9 Å². The maximum Gasteiger partial charge on any atom is 0.416 e. The van der Waals surface area contributed by atoms with Crippen molar-refractivity contribution in [2.45, 2.75) is 6.18 Å². The SMILES string of the molecule is O=C(N/N=C\c1ccc(C(F)(F)F)cc1)c1ccc2c(c1)OCO2. The lowest BCUT2D eigenvalue weighted by Gasteiger charge is -2.05. The summed E-state index contributed by atoms with van der Waals surface area (Å²) in [6.45, 7) is 0.104. The van der Waals surface area contributed by atoms with Gasteiger partial charge in [-0.15, -0.1) is 0 Å². The standard InChI is InChI=1S/C16H11F3N2O3/c17-16(18,19)12-4-1-10(2-5-12)8-20-21-15(22)11-3-6-13-14(7-11)24-9-23-13/h1-8H,9H2,(H,21,22)/b20-8-. The predicted molar refractivity (Wildman–Crippen MR) is 79.1 cm³/mol. The molecule has 1 aliphatic heterocycles. The Labute approximate surface area is 134 Å². The van der Waals surface area contributed by atoms with Gasteiger partial charge in [0.15, 0.2) is 11.5 Å². The van der Waals surface area contributed by atoms with Crippen LogP contribution in [0.5, 0.6) is 11.5 Å². The van der Waals surface area contributed by atoms with Gasteiger partial charge in [-0.2, -0.15) is 18.3 Å². The molecule has 0 saturated heterocycles. The number of ether oxygens (including phenoxy) is 2. The number of alkyl halides is 3. The monoisotopic (exact) mass is 336 g/mol. The molecule has 124 valence electrons. The Balaban J connectivity index is 1.62. The molecule has 0 spiro atoms. The van der Waals surface area contributed by atoms with Crippen LogP contribution in [0.25, 0.3) is 0 Å². The first kappa shape index (κ1) is 15.9. The molecule has 8 heteroatoms. The van der Waals surface area contributed by atoms with Gasteiger partial charge < -0.3 is 9.47 Å². The van der Waals surface area contributed by atoms with Gasteiger partial charge in [0.1, 0.15) is 0 Å². The van der Waals surface area contributed by atoms with E-state index in [1.807, 2.05) is 0 Å². The highest BCUT2D eigenvalue weighted by Crippen LogP contribution is 2.32. The Morgan fingerprint density at radius 3 is 2.50 bits per heavy atom. The summed E-state index contributed by atoms with van der Waals surface area (Å²) in [6.07, 6.45) is -3.13. The highest BCUT2D eigenvalue weighted by atomic mass is 19.4. The third kappa shape index (κ3) is 3.48. The number of nitrogens with one attached hydrogen (secondary N) is 1. The van der Waals surface area contributed by atoms with Crippen molar-refractivity contribution in [3.8, 4) is 11.5 Å². The van der Waals surface area contributed by atoms with Gasteiger partial charge in [-0.05, 0) is 35.9 Å². The molecule has 0 unspecified atom stereocenters. The summed E-state index contributed by atoms with van der Waals surface area (Å²) in [5.74, 6) is 0.547. The molecule has 24 heavy (non-hydrogen) atoms. The molecule has 0 fully saturated rings. The van der Waals surface area contributed by atoms with E-state index in [1.165, 1.54) is 24.4 Å². The van der Waals surface area contributed by atoms with Crippen molar-refractivity contribution in [2.24, 2.45) is 5.10 Å². The van der Waals surface area contributed by atoms with Gasteiger partial charge in [-0.25, -0.2) is 5.43 Å². The summed E-state index contributed by atoms with van der Waals surface area (Å²) >= 11 is 0. The number of benzene rings is 2. The number of carbonyl (C=O) groups is 1. The lowest BCUT2D eigenvalue weighted by Crippen LogP contribution is -2.17. The second-order valence-corrected chi connectivity index (χ2v) is 4.89. The molecule has 1 heterocycles. The number of nitrogens with zero attached hydrogens (tertiary/aromatic N) is 1. The van der Waals surface area contributed by atoms with Crippen molar-refractivity contribution in [2.75, 3.05) is 6.79 Å². The minimum absolute atomic E-state index is 0.104. The van der Waals surface area contributed by atoms with Crippen LogP contribution in [0.1, 0.15) is 21.5 Å². The molecule has 5 nitrogen and oxygen atoms in total. The quantitative estimate of drug-likeness (QED) is 0.692. The van der Waals surface area contributed by atoms with Crippen LogP contribution in [0.15, 0.2) is 47.6 Å². The Morgan fingerprint density at radius 2 is 1.79 bits per heavy atom. The average Bonchev–Trinajstić information content (AvgIpc) is 3.02. The number of fused-ring (bicyclic) bond motifs is 1. The summed E-state index contributed by atoms with van der Waals surface area (Å²) in [5, 5.41) is 3.73. The molecule has 0 bridgehead atoms. The number of carbonyl (C=O) groups excluding carboxylic acids is 1. The maximum atomic E-state index is 12.5. The molecule has 1 aliphatic rings. The fourth-order valence-electron chi connectivity index (χ4n) is 2.03. The summed E-state index contributed by atoms with van der Waals surface area (Å²) in [5.41, 5.74) is 2.30. The van der Waals surface area contributed by atoms with Crippen LogP contribution in [0.3, 0.4) is 0 Å². The second kappa shape index (κ2) is 6.23. The van der Waals surface area contributed by atoms with Crippen molar-refractivity contribution >= 4 is 12.1 Å². The van der Waals surface area contributed by atoms with Crippen LogP contribution in [-0.4, -0.2) is 18.9 Å². The zero-order chi connectivity index (χ0) is 17.2. The highest BCUT2D eigenvalue weighted by Gasteiger charge is 2.29. The number of hydrazone groups is 1. The molecule has 1 amide bonds. The summed E-state index contributed by atoms with van der Waals surface area (Å²) in [4.78, 5) is 12.0. The lowest BCUT2D eigenvalue weighted by molar-refractivity contribution is -0.137. The molecule has 3 rings (SSSR count). The van der Waals surface area contributed by atoms with Gasteiger partial charge in [-0.3, -0.25) is 4.79 Å². The van der Waals surface area contributed by atoms with E-state index in [0.29, 0.717) is 22.6 Å². The summed E-state index contributed by atoms with van der Waals surface area (Å²) < 4.78 is 47.7. The van der Waals surface area contributed by atoms with Gasteiger partial charge in [0.25, 0.3) is 5.91 Å². The number of hydrogen-bond acceptors (Lipinski definition) is 4. The van der Waals surface area contributed by atoms with E-state index in [9.17, 15) is 18.0 Å². The van der Waals surface area contributed by atoms with Crippen LogP contribution in [0.4, 0.5) is 13.2 Å². The Kier molecular flexibility index (Phi) is 4.11. The van der Waals surface area contributed by atoms with Crippen molar-refractivity contribution in [3.05, 3.63) is 59.2 Å². The molecular formula is C16H11F3N2O3. The minimum Gasteiger partial charge on any atom is -0.454 e. The number of rotatable bonds is 3. The van der Waals surface area contributed by atoms with E-state index in [0.717, 1.165) is 12.1 Å². The Hall–Kier alpha value is -3.03. The molecule has 0 atom stereocenters. The molecule has 0 radical (unpaired) electrons. The van der Waals surface area contributed by atoms with Gasteiger partial charge in [0, 0.05) is 5.56 Å². The summed E-state index contributed by atoms with van der Waals surface area (Å²) in [7, 11) is 0. The van der Waals surface area contributed by atoms with Gasteiger partial charge in [0.05, 0.1) is 11.8 Å². The van der Waals surface area contributed by atoms with Gasteiger partial charge >= 0.3 is 6.18 Å². The predicted octanol–water partition coefficient (Wildman–Crippen LogP) is 3.20. The van der Waals surface area contributed by atoms with E-state index in [-0.39, 0.29) is 6.79 Å². The normalized spacial score (nSPS) is 13.3. The second-order valence-electron chi connectivity index (χ2n) is 4.89. The average molecular weight is 336 g/mol. The van der Waals surface area contributed by atoms with Gasteiger partial charge in [0.2, 0.25) is 6.79 Å². The molecule has 1 N–H and O–H groups in total. The first-order valence-electron chi connectivity index (χ1n) is 6.84. The Morgan fingerprint density at radius 1 is 1.08 bits per heavy atom. The zero-order valence-corrected chi connectivity index (χ0v) is 12.1. The van der Waals surface area contributed by atoms with E-state index in [1.54, 1.807) is 12.1 Å². The van der Waals surface area contributed by atoms with Crippen molar-refractivity contribution in [1.29, 1.82) is 0 Å². The molecule has 2 aromatic carbocycles. The third-order valence-corrected chi connectivity index (χ3v) is 3.25. The van der Waals surface area contributed by atoms with Crippen LogP contribution in [0, 0.1) is 0 Å². The van der Waals surface area contributed by atoms with E-state index in [4.69, 9.17) is 9.47 Å². The van der Waals surface area contributed by atoms with E-state index in [2.05, 4.69) is 10.5 Å². The largest absolute Gasteiger partial charge is 0.454 e. The van der Waals surface area contributed by atoms with Crippen molar-refractivity contribution in [3.63, 3.8) is 0 Å². The first-order valence-corrected chi connectivity index (χ1v) is 6.84. The minimum atomic E-state index is -4.39. The Bertz CT molecular complexity index is 786. The highest BCUT2D eigenvalue weighted by molar-refractivity contribution is 5.95. The fourth-order valence-corrected chi connectivity index (χ4v) is 2.03. The van der Waals surface area contributed by atoms with E-state index >= 15 is 0 Å². The van der Waals surface area contributed by atoms with Crippen LogP contribution in [0.2, 0.25) is 0 Å². The fraction of sp³-hybridized carbons (Fsp3) is 0.125. The molecular weight excluding hydrogens is 325 g/mol. The van der Waals surface area contributed by atoms with E-state index < -0.39 is 17.6 Å². The third-order valence-electron chi connectivity index (χ3n) is 3.25. The number of hydrogen-bond donors (Lipinski definition) is 1. The first-order chi connectivity index (χ1) is 11.4. The molecule has 0 aromatic heterocycles. The summed E-state index contributed by atoms with van der Waals surface area (Å²) in [6, 6.07) is 9.10. The van der Waals surface area contributed by atoms with Gasteiger partial charge in [-0.1, -0.05) is 12.1 Å². The number of amides is 1. The van der Waals surface area contributed by atoms with Crippen LogP contribution < -0.4 is 14.9 Å². The lowest BCUT2D eigenvalue weighted by atomic mass is 10.1. The zero-order valence-electron chi connectivity index (χ0n) is 12.1. The maximum absolute atomic E-state index is 12.5.